The summed E-state index contributed by atoms with van der Waals surface area (Å²) in [6.45, 7) is -0.212. The number of carboxylic acids is 1. The predicted octanol–water partition coefficient (Wildman–Crippen LogP) is 1.84. The molecule has 1 amide bonds. The minimum absolute atomic E-state index is 0.212. The number of carbonyl (C=O) groups excluding carboxylic acids is 1. The van der Waals surface area contributed by atoms with E-state index in [1.165, 1.54) is 0 Å². The van der Waals surface area contributed by atoms with Crippen LogP contribution >= 0.6 is 11.6 Å². The van der Waals surface area contributed by atoms with Crippen molar-refractivity contribution >= 4 is 23.5 Å². The van der Waals surface area contributed by atoms with Crippen LogP contribution in [0.3, 0.4) is 0 Å². The van der Waals surface area contributed by atoms with Gasteiger partial charge < -0.3 is 15.2 Å². The number of carboxylic acid groups (broad SMARTS) is 1. The van der Waals surface area contributed by atoms with Crippen LogP contribution in [0.2, 0.25) is 5.02 Å². The van der Waals surface area contributed by atoms with Crippen LogP contribution in [0, 0.1) is 0 Å². The van der Waals surface area contributed by atoms with Gasteiger partial charge in [0.2, 0.25) is 0 Å². The van der Waals surface area contributed by atoms with Gasteiger partial charge in [0, 0.05) is 5.02 Å². The van der Waals surface area contributed by atoms with Gasteiger partial charge in [0.05, 0.1) is 0 Å². The summed E-state index contributed by atoms with van der Waals surface area (Å²) in [6, 6.07) is 6.59. The summed E-state index contributed by atoms with van der Waals surface area (Å²) >= 11 is 5.72. The second kappa shape index (κ2) is 5.48. The Bertz CT molecular complexity index is 482. The Morgan fingerprint density at radius 1 is 1.32 bits per heavy atom. The summed E-state index contributed by atoms with van der Waals surface area (Å²) in [6.07, 6.45) is 1.74. The number of carbonyl (C=O) groups is 2. The summed E-state index contributed by atoms with van der Waals surface area (Å²) in [5, 5.41) is 12.2. The standard InChI is InChI=1S/C13H14ClNO4/c14-9-2-4-10(5-3-9)19-8-11(16)15-13(12(17)18)6-1-7-13/h2-5H,1,6-8H2,(H,15,16)(H,17,18). The van der Waals surface area contributed by atoms with Gasteiger partial charge in [0.1, 0.15) is 11.3 Å². The molecule has 0 unspecified atom stereocenters. The molecular formula is C13H14ClNO4. The van der Waals surface area contributed by atoms with Crippen molar-refractivity contribution in [2.45, 2.75) is 24.8 Å². The molecule has 0 saturated heterocycles. The highest BCUT2D eigenvalue weighted by Gasteiger charge is 2.45. The predicted molar refractivity (Wildman–Crippen MR) is 69.3 cm³/mol. The van der Waals surface area contributed by atoms with Gasteiger partial charge in [-0.15, -0.1) is 0 Å². The number of rotatable bonds is 5. The number of amides is 1. The molecule has 0 aromatic heterocycles. The molecule has 0 bridgehead atoms. The highest BCUT2D eigenvalue weighted by molar-refractivity contribution is 6.30. The zero-order chi connectivity index (χ0) is 13.9. The van der Waals surface area contributed by atoms with Crippen molar-refractivity contribution in [2.24, 2.45) is 0 Å². The highest BCUT2D eigenvalue weighted by Crippen LogP contribution is 2.31. The minimum atomic E-state index is -1.10. The average Bonchev–Trinajstić information content (AvgIpc) is 2.32. The molecule has 2 rings (SSSR count). The summed E-state index contributed by atoms with van der Waals surface area (Å²) < 4.78 is 5.25. The van der Waals surface area contributed by atoms with Crippen molar-refractivity contribution < 1.29 is 19.4 Å². The molecular weight excluding hydrogens is 270 g/mol. The van der Waals surface area contributed by atoms with Gasteiger partial charge >= 0.3 is 5.97 Å². The lowest BCUT2D eigenvalue weighted by Crippen LogP contribution is -2.59. The zero-order valence-electron chi connectivity index (χ0n) is 10.2. The van der Waals surface area contributed by atoms with Crippen LogP contribution < -0.4 is 10.1 Å². The topological polar surface area (TPSA) is 75.6 Å². The third-order valence-corrected chi connectivity index (χ3v) is 3.43. The van der Waals surface area contributed by atoms with Gasteiger partial charge in [0.15, 0.2) is 6.61 Å². The van der Waals surface area contributed by atoms with Crippen molar-refractivity contribution in [2.75, 3.05) is 6.61 Å². The third-order valence-electron chi connectivity index (χ3n) is 3.18. The quantitative estimate of drug-likeness (QED) is 0.864. The number of aliphatic carboxylic acids is 1. The molecule has 5 nitrogen and oxygen atoms in total. The molecule has 0 aliphatic heterocycles. The molecule has 1 aromatic carbocycles. The van der Waals surface area contributed by atoms with Gasteiger partial charge in [0.25, 0.3) is 5.91 Å². The smallest absolute Gasteiger partial charge is 0.329 e. The SMILES string of the molecule is O=C(COc1ccc(Cl)cc1)NC1(C(=O)O)CCC1. The van der Waals surface area contributed by atoms with Crippen LogP contribution in [0.5, 0.6) is 5.75 Å². The Morgan fingerprint density at radius 3 is 2.42 bits per heavy atom. The average molecular weight is 284 g/mol. The molecule has 1 fully saturated rings. The van der Waals surface area contributed by atoms with E-state index in [1.807, 2.05) is 0 Å². The number of nitrogens with one attached hydrogen (secondary N) is 1. The number of ether oxygens (including phenoxy) is 1. The fourth-order valence-electron chi connectivity index (χ4n) is 1.91. The fraction of sp³-hybridized carbons (Fsp3) is 0.385. The third kappa shape index (κ3) is 3.17. The monoisotopic (exact) mass is 283 g/mol. The van der Waals surface area contributed by atoms with Crippen molar-refractivity contribution in [1.82, 2.24) is 5.32 Å². The van der Waals surface area contributed by atoms with E-state index in [4.69, 9.17) is 21.4 Å². The summed E-state index contributed by atoms with van der Waals surface area (Å²) in [4.78, 5) is 22.8. The number of hydrogen-bond donors (Lipinski definition) is 2. The molecule has 2 N–H and O–H groups in total. The van der Waals surface area contributed by atoms with E-state index in [0.717, 1.165) is 6.42 Å². The van der Waals surface area contributed by atoms with Crippen LogP contribution in [0.4, 0.5) is 0 Å². The molecule has 0 spiro atoms. The van der Waals surface area contributed by atoms with Crippen LogP contribution in [0.15, 0.2) is 24.3 Å². The second-order valence-corrected chi connectivity index (χ2v) is 4.97. The lowest BCUT2D eigenvalue weighted by molar-refractivity contribution is -0.152. The van der Waals surface area contributed by atoms with Gasteiger partial charge in [-0.2, -0.15) is 0 Å². The minimum Gasteiger partial charge on any atom is -0.484 e. The van der Waals surface area contributed by atoms with E-state index < -0.39 is 17.4 Å². The Hall–Kier alpha value is -1.75. The largest absolute Gasteiger partial charge is 0.484 e. The fourth-order valence-corrected chi connectivity index (χ4v) is 2.03. The maximum Gasteiger partial charge on any atom is 0.329 e. The second-order valence-electron chi connectivity index (χ2n) is 4.53. The lowest BCUT2D eigenvalue weighted by Gasteiger charge is -2.38. The first-order chi connectivity index (χ1) is 9.02. The van der Waals surface area contributed by atoms with Crippen LogP contribution in [0.25, 0.3) is 0 Å². The van der Waals surface area contributed by atoms with Gasteiger partial charge in [-0.25, -0.2) is 4.79 Å². The van der Waals surface area contributed by atoms with Crippen molar-refractivity contribution in [3.05, 3.63) is 29.3 Å². The highest BCUT2D eigenvalue weighted by atomic mass is 35.5. The van der Waals surface area contributed by atoms with Gasteiger partial charge in [-0.3, -0.25) is 4.79 Å². The number of hydrogen-bond acceptors (Lipinski definition) is 3. The molecule has 102 valence electrons. The molecule has 0 heterocycles. The van der Waals surface area contributed by atoms with Crippen molar-refractivity contribution in [3.63, 3.8) is 0 Å². The van der Waals surface area contributed by atoms with E-state index in [0.29, 0.717) is 23.6 Å². The van der Waals surface area contributed by atoms with Crippen LogP contribution in [-0.4, -0.2) is 29.1 Å². The number of halogens is 1. The molecule has 1 saturated carbocycles. The van der Waals surface area contributed by atoms with E-state index in [9.17, 15) is 9.59 Å². The first-order valence-electron chi connectivity index (χ1n) is 5.95. The van der Waals surface area contributed by atoms with E-state index >= 15 is 0 Å². The number of benzene rings is 1. The van der Waals surface area contributed by atoms with Crippen molar-refractivity contribution in [3.8, 4) is 5.75 Å². The first-order valence-corrected chi connectivity index (χ1v) is 6.32. The van der Waals surface area contributed by atoms with E-state index in [1.54, 1.807) is 24.3 Å². The molecule has 19 heavy (non-hydrogen) atoms. The summed E-state index contributed by atoms with van der Waals surface area (Å²) in [5.41, 5.74) is -1.10. The van der Waals surface area contributed by atoms with Crippen LogP contribution in [0.1, 0.15) is 19.3 Å². The van der Waals surface area contributed by atoms with Crippen LogP contribution in [-0.2, 0) is 9.59 Å². The lowest BCUT2D eigenvalue weighted by atomic mass is 9.77. The molecule has 1 aliphatic carbocycles. The molecule has 0 radical (unpaired) electrons. The van der Waals surface area contributed by atoms with Gasteiger partial charge in [-0.1, -0.05) is 11.6 Å². The Labute approximate surface area is 115 Å². The van der Waals surface area contributed by atoms with Crippen molar-refractivity contribution in [1.29, 1.82) is 0 Å². The maximum absolute atomic E-state index is 11.7. The normalized spacial score (nSPS) is 16.3. The summed E-state index contributed by atoms with van der Waals surface area (Å²) in [7, 11) is 0. The molecule has 0 atom stereocenters. The zero-order valence-corrected chi connectivity index (χ0v) is 10.9. The molecule has 1 aromatic rings. The molecule has 6 heteroatoms. The van der Waals surface area contributed by atoms with Gasteiger partial charge in [-0.05, 0) is 43.5 Å². The summed E-state index contributed by atoms with van der Waals surface area (Å²) in [5.74, 6) is -0.909. The maximum atomic E-state index is 11.7. The Balaban J connectivity index is 1.85. The Morgan fingerprint density at radius 2 is 1.95 bits per heavy atom. The first kappa shape index (κ1) is 13.7. The van der Waals surface area contributed by atoms with E-state index in [-0.39, 0.29) is 6.61 Å². The molecule has 1 aliphatic rings. The van der Waals surface area contributed by atoms with E-state index in [2.05, 4.69) is 5.32 Å². The Kier molecular flexibility index (Phi) is 3.95.